The van der Waals surface area contributed by atoms with Crippen LogP contribution in [0.1, 0.15) is 51.4 Å². The Morgan fingerprint density at radius 1 is 1.07 bits per heavy atom. The van der Waals surface area contributed by atoms with Gasteiger partial charge in [-0.05, 0) is 56.8 Å². The van der Waals surface area contributed by atoms with Crippen LogP contribution >= 0.6 is 0 Å². The largest absolute Gasteiger partial charge is 0.381 e. The Hall–Kier alpha value is -0.760. The number of amides is 1. The zero-order chi connectivity index (χ0) is 19.1. The summed E-state index contributed by atoms with van der Waals surface area (Å²) in [6.45, 7) is 1.72. The molecule has 1 saturated heterocycles. The Morgan fingerprint density at radius 3 is 2.48 bits per heavy atom. The number of alkyl halides is 1. The van der Waals surface area contributed by atoms with Crippen molar-refractivity contribution < 1.29 is 13.9 Å². The molecule has 0 spiro atoms. The molecule has 0 aromatic rings. The number of halogens is 1. The van der Waals surface area contributed by atoms with E-state index in [1.54, 1.807) is 0 Å². The molecular formula is C20H37FN4O2. The van der Waals surface area contributed by atoms with Gasteiger partial charge in [0.05, 0.1) is 6.10 Å². The van der Waals surface area contributed by atoms with Crippen molar-refractivity contribution in [2.24, 2.45) is 17.8 Å². The van der Waals surface area contributed by atoms with Crippen LogP contribution in [-0.2, 0) is 9.53 Å². The summed E-state index contributed by atoms with van der Waals surface area (Å²) in [5.74, 6) is 1.49. The molecule has 3 aliphatic rings. The van der Waals surface area contributed by atoms with Gasteiger partial charge in [-0.25, -0.2) is 4.39 Å². The van der Waals surface area contributed by atoms with Gasteiger partial charge in [-0.3, -0.25) is 20.7 Å². The van der Waals surface area contributed by atoms with E-state index in [4.69, 9.17) is 4.74 Å². The number of hydrogen-bond acceptors (Lipinski definition) is 5. The maximum atomic E-state index is 12.3. The summed E-state index contributed by atoms with van der Waals surface area (Å²) in [5, 5.41) is 13.6. The Morgan fingerprint density at radius 2 is 1.81 bits per heavy atom. The molecule has 0 bridgehead atoms. The van der Waals surface area contributed by atoms with Gasteiger partial charge < -0.3 is 10.1 Å². The Balaban J connectivity index is 1.37. The van der Waals surface area contributed by atoms with Crippen LogP contribution in [0.5, 0.6) is 0 Å². The van der Waals surface area contributed by atoms with Gasteiger partial charge in [0, 0.05) is 38.7 Å². The Bertz CT molecular complexity index is 451. The van der Waals surface area contributed by atoms with E-state index in [1.807, 2.05) is 7.11 Å². The summed E-state index contributed by atoms with van der Waals surface area (Å²) in [6.07, 6.45) is 9.37. The number of nitrogens with one attached hydrogen (secondary N) is 4. The van der Waals surface area contributed by atoms with Crippen molar-refractivity contribution >= 4 is 5.91 Å². The average molecular weight is 385 g/mol. The van der Waals surface area contributed by atoms with E-state index in [-0.39, 0.29) is 24.7 Å². The minimum absolute atomic E-state index is 0.00936. The van der Waals surface area contributed by atoms with Crippen LogP contribution in [0, 0.1) is 17.8 Å². The van der Waals surface area contributed by atoms with E-state index in [9.17, 15) is 9.18 Å². The fourth-order valence-corrected chi connectivity index (χ4v) is 5.06. The van der Waals surface area contributed by atoms with Gasteiger partial charge >= 0.3 is 0 Å². The molecule has 0 aromatic carbocycles. The Kier molecular flexibility index (Phi) is 8.30. The van der Waals surface area contributed by atoms with E-state index in [1.165, 1.54) is 25.7 Å². The van der Waals surface area contributed by atoms with Crippen LogP contribution in [0.4, 0.5) is 4.39 Å². The maximum absolute atomic E-state index is 12.3. The average Bonchev–Trinajstić information content (AvgIpc) is 2.73. The molecule has 2 saturated carbocycles. The summed E-state index contributed by atoms with van der Waals surface area (Å²) in [4.78, 5) is 12.1. The molecule has 156 valence electrons. The molecule has 3 fully saturated rings. The minimum Gasteiger partial charge on any atom is -0.381 e. The highest BCUT2D eigenvalue weighted by Gasteiger charge is 2.32. The molecule has 0 aromatic heterocycles. The Labute approximate surface area is 162 Å². The third-order valence-electron chi connectivity index (χ3n) is 6.73. The topological polar surface area (TPSA) is 74.4 Å². The molecule has 1 amide bonds. The number of rotatable bonds is 7. The summed E-state index contributed by atoms with van der Waals surface area (Å²) < 4.78 is 17.7. The van der Waals surface area contributed by atoms with Crippen LogP contribution in [0.15, 0.2) is 0 Å². The van der Waals surface area contributed by atoms with E-state index < -0.39 is 6.67 Å². The lowest BCUT2D eigenvalue weighted by Crippen LogP contribution is -2.63. The van der Waals surface area contributed by atoms with Crippen LogP contribution in [0.2, 0.25) is 0 Å². The van der Waals surface area contributed by atoms with Crippen LogP contribution in [0.25, 0.3) is 0 Å². The fourth-order valence-electron chi connectivity index (χ4n) is 5.06. The number of carbonyl (C=O) groups excluding carboxylic acids is 1. The van der Waals surface area contributed by atoms with Crippen molar-refractivity contribution in [3.63, 3.8) is 0 Å². The van der Waals surface area contributed by atoms with Crippen LogP contribution in [0.3, 0.4) is 0 Å². The maximum Gasteiger partial charge on any atom is 0.223 e. The molecular weight excluding hydrogens is 347 g/mol. The van der Waals surface area contributed by atoms with Gasteiger partial charge in [-0.1, -0.05) is 6.42 Å². The minimum atomic E-state index is -0.496. The first-order chi connectivity index (χ1) is 13.2. The van der Waals surface area contributed by atoms with Crippen molar-refractivity contribution in [2.75, 3.05) is 33.4 Å². The molecule has 1 aliphatic heterocycles. The van der Waals surface area contributed by atoms with Gasteiger partial charge in [0.1, 0.15) is 13.0 Å². The summed E-state index contributed by atoms with van der Waals surface area (Å²) in [6, 6.07) is 0.332. The molecule has 0 radical (unpaired) electrons. The van der Waals surface area contributed by atoms with E-state index >= 15 is 0 Å². The molecule has 3 rings (SSSR count). The van der Waals surface area contributed by atoms with Crippen LogP contribution < -0.4 is 21.3 Å². The summed E-state index contributed by atoms with van der Waals surface area (Å²) >= 11 is 0. The fraction of sp³-hybridized carbons (Fsp3) is 0.950. The first-order valence-corrected chi connectivity index (χ1v) is 10.8. The van der Waals surface area contributed by atoms with Gasteiger partial charge in [0.25, 0.3) is 0 Å². The van der Waals surface area contributed by atoms with Gasteiger partial charge in [0.15, 0.2) is 0 Å². The van der Waals surface area contributed by atoms with E-state index in [0.717, 1.165) is 44.7 Å². The summed E-state index contributed by atoms with van der Waals surface area (Å²) in [5.41, 5.74) is 0. The van der Waals surface area contributed by atoms with Crippen molar-refractivity contribution in [2.45, 2.75) is 69.8 Å². The molecule has 2 unspecified atom stereocenters. The third-order valence-corrected chi connectivity index (χ3v) is 6.73. The molecule has 1 heterocycles. The molecule has 2 atom stereocenters. The smallest absolute Gasteiger partial charge is 0.223 e. The van der Waals surface area contributed by atoms with Crippen molar-refractivity contribution in [1.29, 1.82) is 0 Å². The second-order valence-corrected chi connectivity index (χ2v) is 8.49. The lowest BCUT2D eigenvalue weighted by molar-refractivity contribution is -0.126. The number of ether oxygens (including phenoxy) is 1. The zero-order valence-corrected chi connectivity index (χ0v) is 16.6. The van der Waals surface area contributed by atoms with Gasteiger partial charge in [0.2, 0.25) is 5.91 Å². The predicted octanol–water partition coefficient (Wildman–Crippen LogP) is 1.52. The summed E-state index contributed by atoms with van der Waals surface area (Å²) in [7, 11) is 1.82. The number of hydrogen-bond donors (Lipinski definition) is 4. The van der Waals surface area contributed by atoms with Crippen molar-refractivity contribution in [3.8, 4) is 0 Å². The lowest BCUT2D eigenvalue weighted by atomic mass is 9.78. The molecule has 4 N–H and O–H groups in total. The second-order valence-electron chi connectivity index (χ2n) is 8.49. The highest BCUT2D eigenvalue weighted by Crippen LogP contribution is 2.32. The highest BCUT2D eigenvalue weighted by atomic mass is 19.1. The monoisotopic (exact) mass is 384 g/mol. The SMILES string of the molecule is COC1CCC(C2CNC(NC3CCCC(C(=O)NCCF)C3)NC2)CC1. The quantitative estimate of drug-likeness (QED) is 0.536. The third kappa shape index (κ3) is 6.11. The predicted molar refractivity (Wildman–Crippen MR) is 104 cm³/mol. The second kappa shape index (κ2) is 10.7. The standard InChI is InChI=1S/C20H37FN4O2/c1-27-18-7-5-14(6-8-18)16-12-23-20(24-13-16)25-17-4-2-3-15(11-17)19(26)22-10-9-21/h14-18,20,23-25H,2-13H2,1H3,(H,22,26). The zero-order valence-electron chi connectivity index (χ0n) is 16.6. The van der Waals surface area contributed by atoms with E-state index in [0.29, 0.717) is 18.1 Å². The molecule has 7 heteroatoms. The number of carbonyl (C=O) groups is 1. The highest BCUT2D eigenvalue weighted by molar-refractivity contribution is 5.78. The number of methoxy groups -OCH3 is 1. The first-order valence-electron chi connectivity index (χ1n) is 10.8. The van der Waals surface area contributed by atoms with Crippen LogP contribution in [-0.4, -0.2) is 57.8 Å². The molecule has 27 heavy (non-hydrogen) atoms. The van der Waals surface area contributed by atoms with Crippen molar-refractivity contribution in [3.05, 3.63) is 0 Å². The van der Waals surface area contributed by atoms with Gasteiger partial charge in [-0.2, -0.15) is 0 Å². The lowest BCUT2D eigenvalue weighted by Gasteiger charge is -2.40. The molecule has 6 nitrogen and oxygen atoms in total. The van der Waals surface area contributed by atoms with Crippen molar-refractivity contribution in [1.82, 2.24) is 21.3 Å². The first kappa shape index (κ1) is 21.0. The molecule has 2 aliphatic carbocycles. The van der Waals surface area contributed by atoms with E-state index in [2.05, 4.69) is 21.3 Å². The van der Waals surface area contributed by atoms with Gasteiger partial charge in [-0.15, -0.1) is 0 Å². The normalized spacial score (nSPS) is 37.7.